The van der Waals surface area contributed by atoms with Crippen molar-refractivity contribution in [1.82, 2.24) is 0 Å². The molecule has 22 heavy (non-hydrogen) atoms. The van der Waals surface area contributed by atoms with Crippen molar-refractivity contribution in [2.75, 3.05) is 6.61 Å². The summed E-state index contributed by atoms with van der Waals surface area (Å²) in [6.07, 6.45) is 1.09. The van der Waals surface area contributed by atoms with Crippen molar-refractivity contribution in [3.63, 3.8) is 0 Å². The van der Waals surface area contributed by atoms with Crippen LogP contribution in [0.4, 0.5) is 0 Å². The summed E-state index contributed by atoms with van der Waals surface area (Å²) in [5.74, 6) is -1.20. The lowest BCUT2D eigenvalue weighted by Crippen LogP contribution is -2.31. The minimum absolute atomic E-state index is 0.242. The van der Waals surface area contributed by atoms with Crippen LogP contribution in [0.3, 0.4) is 0 Å². The van der Waals surface area contributed by atoms with E-state index >= 15 is 0 Å². The van der Waals surface area contributed by atoms with Crippen LogP contribution < -0.4 is 0 Å². The lowest BCUT2D eigenvalue weighted by atomic mass is 9.99. The zero-order valence-electron chi connectivity index (χ0n) is 12.6. The molecule has 0 aliphatic carbocycles. The third kappa shape index (κ3) is 2.83. The van der Waals surface area contributed by atoms with Crippen molar-refractivity contribution in [2.45, 2.75) is 25.1 Å². The smallest absolute Gasteiger partial charge is 0.305 e. The largest absolute Gasteiger partial charge is 0.324 e. The van der Waals surface area contributed by atoms with Crippen LogP contribution >= 0.6 is 0 Å². The average molecular weight is 296 g/mol. The molecule has 3 rings (SSSR count). The van der Waals surface area contributed by atoms with Gasteiger partial charge in [0.15, 0.2) is 0 Å². The highest BCUT2D eigenvalue weighted by Crippen LogP contribution is 2.47. The van der Waals surface area contributed by atoms with E-state index in [1.807, 2.05) is 67.6 Å². The minimum Gasteiger partial charge on any atom is -0.324 e. The second-order valence-corrected chi connectivity index (χ2v) is 5.14. The Balaban J connectivity index is 1.99. The van der Waals surface area contributed by atoms with Crippen molar-refractivity contribution in [1.29, 1.82) is 0 Å². The Morgan fingerprint density at radius 3 is 1.77 bits per heavy atom. The van der Waals surface area contributed by atoms with Crippen molar-refractivity contribution < 1.29 is 14.2 Å². The monoisotopic (exact) mass is 296 g/mol. The second kappa shape index (κ2) is 6.44. The Kier molecular flexibility index (Phi) is 4.39. The molecule has 0 spiro atoms. The van der Waals surface area contributed by atoms with Crippen molar-refractivity contribution in [2.24, 2.45) is 0 Å². The lowest BCUT2D eigenvalue weighted by Gasteiger charge is -2.23. The van der Waals surface area contributed by atoms with Crippen molar-refractivity contribution in [3.05, 3.63) is 84.4 Å². The van der Waals surface area contributed by atoms with Crippen molar-refractivity contribution in [3.8, 4) is 0 Å². The van der Waals surface area contributed by atoms with Gasteiger partial charge in [0, 0.05) is 6.61 Å². The first kappa shape index (κ1) is 15.0. The van der Waals surface area contributed by atoms with Crippen LogP contribution in [0.2, 0.25) is 0 Å². The number of hydrogen-bond donors (Lipinski definition) is 0. The number of benzene rings is 2. The van der Waals surface area contributed by atoms with E-state index in [1.54, 1.807) is 6.08 Å². The SMILES string of the molecule is C=CC1(OCC)OC(c2ccccc2)C(c2ccccc2)O1. The summed E-state index contributed by atoms with van der Waals surface area (Å²) in [5.41, 5.74) is 2.11. The third-order valence-electron chi connectivity index (χ3n) is 3.71. The van der Waals surface area contributed by atoms with E-state index in [2.05, 4.69) is 6.58 Å². The maximum absolute atomic E-state index is 6.13. The molecule has 1 heterocycles. The van der Waals surface area contributed by atoms with Gasteiger partial charge in [-0.1, -0.05) is 67.2 Å². The molecule has 1 aliphatic rings. The predicted octanol–water partition coefficient (Wildman–Crippen LogP) is 4.39. The summed E-state index contributed by atoms with van der Waals surface area (Å²) in [4.78, 5) is 0. The topological polar surface area (TPSA) is 27.7 Å². The van der Waals surface area contributed by atoms with E-state index in [1.165, 1.54) is 0 Å². The molecule has 0 bridgehead atoms. The van der Waals surface area contributed by atoms with Gasteiger partial charge in [-0.05, 0) is 24.1 Å². The Bertz CT molecular complexity index is 562. The van der Waals surface area contributed by atoms with Gasteiger partial charge in [-0.15, -0.1) is 0 Å². The van der Waals surface area contributed by atoms with E-state index in [0.29, 0.717) is 6.61 Å². The fourth-order valence-corrected chi connectivity index (χ4v) is 2.70. The zero-order chi connectivity index (χ0) is 15.4. The summed E-state index contributed by atoms with van der Waals surface area (Å²) in [6.45, 7) is 6.20. The number of ether oxygens (including phenoxy) is 3. The van der Waals surface area contributed by atoms with Gasteiger partial charge in [0.2, 0.25) is 0 Å². The van der Waals surface area contributed by atoms with Gasteiger partial charge < -0.3 is 14.2 Å². The molecule has 1 aliphatic heterocycles. The average Bonchev–Trinajstić information content (AvgIpc) is 2.97. The molecule has 2 atom stereocenters. The fraction of sp³-hybridized carbons (Fsp3) is 0.263. The van der Waals surface area contributed by atoms with E-state index < -0.39 is 5.97 Å². The highest BCUT2D eigenvalue weighted by Gasteiger charge is 2.48. The van der Waals surface area contributed by atoms with Gasteiger partial charge in [-0.3, -0.25) is 0 Å². The molecule has 3 nitrogen and oxygen atoms in total. The molecule has 0 N–H and O–H groups in total. The summed E-state index contributed by atoms with van der Waals surface area (Å²) >= 11 is 0. The number of hydrogen-bond acceptors (Lipinski definition) is 3. The van der Waals surface area contributed by atoms with Gasteiger partial charge in [0.25, 0.3) is 0 Å². The highest BCUT2D eigenvalue weighted by molar-refractivity contribution is 5.27. The Hall–Kier alpha value is -1.94. The highest BCUT2D eigenvalue weighted by atomic mass is 16.9. The van der Waals surface area contributed by atoms with E-state index in [4.69, 9.17) is 14.2 Å². The van der Waals surface area contributed by atoms with Crippen LogP contribution in [-0.2, 0) is 14.2 Å². The molecular formula is C19H20O3. The van der Waals surface area contributed by atoms with Gasteiger partial charge in [-0.25, -0.2) is 0 Å². The third-order valence-corrected chi connectivity index (χ3v) is 3.71. The first-order chi connectivity index (χ1) is 10.8. The summed E-state index contributed by atoms with van der Waals surface area (Å²) in [6, 6.07) is 20.1. The zero-order valence-corrected chi connectivity index (χ0v) is 12.6. The van der Waals surface area contributed by atoms with Crippen LogP contribution in [0, 0.1) is 0 Å². The molecule has 3 heteroatoms. The fourth-order valence-electron chi connectivity index (χ4n) is 2.70. The van der Waals surface area contributed by atoms with Crippen LogP contribution in [0.5, 0.6) is 0 Å². The molecule has 0 aromatic heterocycles. The first-order valence-corrected chi connectivity index (χ1v) is 7.51. The standard InChI is InChI=1S/C19H20O3/c1-3-19(20-4-2)21-17(15-11-7-5-8-12-15)18(22-19)16-13-9-6-10-14-16/h3,5-14,17-18H,1,4H2,2H3. The van der Waals surface area contributed by atoms with Gasteiger partial charge in [0.05, 0.1) is 0 Å². The molecule has 2 aromatic rings. The van der Waals surface area contributed by atoms with Crippen LogP contribution in [-0.4, -0.2) is 12.6 Å². The molecule has 2 aromatic carbocycles. The minimum atomic E-state index is -1.20. The summed E-state index contributed by atoms with van der Waals surface area (Å²) in [5, 5.41) is 0. The molecule has 0 saturated carbocycles. The normalized spacial score (nSPS) is 27.7. The Morgan fingerprint density at radius 2 is 1.41 bits per heavy atom. The van der Waals surface area contributed by atoms with E-state index in [9.17, 15) is 0 Å². The summed E-state index contributed by atoms with van der Waals surface area (Å²) in [7, 11) is 0. The Morgan fingerprint density at radius 1 is 0.955 bits per heavy atom. The van der Waals surface area contributed by atoms with Crippen molar-refractivity contribution >= 4 is 0 Å². The van der Waals surface area contributed by atoms with E-state index in [-0.39, 0.29) is 12.2 Å². The lowest BCUT2D eigenvalue weighted by molar-refractivity contribution is -0.307. The van der Waals surface area contributed by atoms with Gasteiger partial charge >= 0.3 is 5.97 Å². The molecule has 0 amide bonds. The van der Waals surface area contributed by atoms with Gasteiger partial charge in [0.1, 0.15) is 12.2 Å². The molecule has 1 fully saturated rings. The summed E-state index contributed by atoms with van der Waals surface area (Å²) < 4.78 is 17.9. The molecule has 0 radical (unpaired) electrons. The van der Waals surface area contributed by atoms with Crippen LogP contribution in [0.25, 0.3) is 0 Å². The molecular weight excluding hydrogens is 276 g/mol. The maximum Gasteiger partial charge on any atom is 0.305 e. The van der Waals surface area contributed by atoms with Crippen LogP contribution in [0.1, 0.15) is 30.3 Å². The quantitative estimate of drug-likeness (QED) is 0.766. The molecule has 2 unspecified atom stereocenters. The van der Waals surface area contributed by atoms with E-state index in [0.717, 1.165) is 11.1 Å². The predicted molar refractivity (Wildman–Crippen MR) is 85.1 cm³/mol. The number of rotatable bonds is 5. The Labute approximate surface area is 131 Å². The molecule has 1 saturated heterocycles. The second-order valence-electron chi connectivity index (χ2n) is 5.14. The van der Waals surface area contributed by atoms with Gasteiger partial charge in [-0.2, -0.15) is 0 Å². The maximum atomic E-state index is 6.13. The van der Waals surface area contributed by atoms with Crippen LogP contribution in [0.15, 0.2) is 73.3 Å². The molecule has 114 valence electrons. The first-order valence-electron chi connectivity index (χ1n) is 7.51.